The van der Waals surface area contributed by atoms with Gasteiger partial charge in [0.2, 0.25) is 0 Å². The van der Waals surface area contributed by atoms with Gasteiger partial charge in [-0.2, -0.15) is 5.26 Å². The zero-order valence-corrected chi connectivity index (χ0v) is 18.3. The molecule has 0 aliphatic carbocycles. The quantitative estimate of drug-likeness (QED) is 0.389. The lowest BCUT2D eigenvalue weighted by Gasteiger charge is -2.12. The van der Waals surface area contributed by atoms with Crippen LogP contribution < -0.4 is 14.8 Å². The number of anilines is 1. The van der Waals surface area contributed by atoms with E-state index in [4.69, 9.17) is 14.2 Å². The summed E-state index contributed by atoms with van der Waals surface area (Å²) in [4.78, 5) is 24.2. The molecule has 1 N–H and O–H groups in total. The number of nitrogens with one attached hydrogen (secondary N) is 1. The summed E-state index contributed by atoms with van der Waals surface area (Å²) in [5.74, 6) is -0.294. The second-order valence-electron chi connectivity index (χ2n) is 7.18. The highest BCUT2D eigenvalue weighted by Crippen LogP contribution is 2.29. The minimum atomic E-state index is -0.509. The first-order chi connectivity index (χ1) is 14.7. The molecule has 0 heterocycles. The summed E-state index contributed by atoms with van der Waals surface area (Å²) in [5, 5.41) is 12.2. The van der Waals surface area contributed by atoms with Crippen molar-refractivity contribution in [2.24, 2.45) is 0 Å². The number of ether oxygens (including phenoxy) is 3. The summed E-state index contributed by atoms with van der Waals surface area (Å²) in [5.41, 5.74) is 3.15. The van der Waals surface area contributed by atoms with E-state index < -0.39 is 11.9 Å². The van der Waals surface area contributed by atoms with Crippen LogP contribution in [0, 0.1) is 25.2 Å². The van der Waals surface area contributed by atoms with Gasteiger partial charge >= 0.3 is 5.97 Å². The van der Waals surface area contributed by atoms with Gasteiger partial charge in [-0.1, -0.05) is 23.8 Å². The van der Waals surface area contributed by atoms with Gasteiger partial charge in [-0.15, -0.1) is 0 Å². The summed E-state index contributed by atoms with van der Waals surface area (Å²) in [6.45, 7) is 7.10. The Labute approximate surface area is 182 Å². The lowest BCUT2D eigenvalue weighted by Crippen LogP contribution is -2.18. The van der Waals surface area contributed by atoms with Gasteiger partial charge in [0.1, 0.15) is 11.6 Å². The third-order valence-corrected chi connectivity index (χ3v) is 4.21. The van der Waals surface area contributed by atoms with Crippen molar-refractivity contribution in [3.63, 3.8) is 0 Å². The predicted octanol–water partition coefficient (Wildman–Crippen LogP) is 4.19. The largest absolute Gasteiger partial charge is 0.493 e. The predicted molar refractivity (Wildman–Crippen MR) is 118 cm³/mol. The van der Waals surface area contributed by atoms with Crippen molar-refractivity contribution in [3.8, 4) is 17.6 Å². The average molecular weight is 422 g/mol. The van der Waals surface area contributed by atoms with E-state index >= 15 is 0 Å². The number of carbonyl (C=O) groups is 2. The molecule has 0 saturated heterocycles. The zero-order chi connectivity index (χ0) is 23.0. The van der Waals surface area contributed by atoms with E-state index in [0.717, 1.165) is 11.1 Å². The summed E-state index contributed by atoms with van der Waals surface area (Å²) in [6, 6.07) is 12.4. The van der Waals surface area contributed by atoms with E-state index in [1.54, 1.807) is 38.1 Å². The number of aryl methyl sites for hydroxylation is 2. The molecule has 0 fully saturated rings. The number of hydrogen-bond acceptors (Lipinski definition) is 6. The third-order valence-electron chi connectivity index (χ3n) is 4.21. The number of hydrogen-bond donors (Lipinski definition) is 1. The molecule has 0 saturated carbocycles. The van der Waals surface area contributed by atoms with Crippen LogP contribution in [0.4, 0.5) is 5.69 Å². The van der Waals surface area contributed by atoms with Gasteiger partial charge in [0.15, 0.2) is 18.1 Å². The van der Waals surface area contributed by atoms with Crippen LogP contribution in [0.25, 0.3) is 6.08 Å². The molecule has 1 amide bonds. The van der Waals surface area contributed by atoms with Gasteiger partial charge in [-0.3, -0.25) is 4.79 Å². The van der Waals surface area contributed by atoms with E-state index in [1.807, 2.05) is 32.0 Å². The Balaban J connectivity index is 2.17. The van der Waals surface area contributed by atoms with Gasteiger partial charge in [-0.05, 0) is 63.1 Å². The van der Waals surface area contributed by atoms with Gasteiger partial charge < -0.3 is 19.5 Å². The molecule has 2 rings (SSSR count). The molecular formula is C24H26N2O5. The molecule has 0 aliphatic rings. The van der Waals surface area contributed by atoms with Crippen molar-refractivity contribution in [3.05, 3.63) is 58.7 Å². The molecule has 7 heteroatoms. The van der Waals surface area contributed by atoms with Crippen molar-refractivity contribution >= 4 is 23.6 Å². The van der Waals surface area contributed by atoms with Crippen LogP contribution in [0.2, 0.25) is 0 Å². The highest BCUT2D eigenvalue weighted by atomic mass is 16.6. The van der Waals surface area contributed by atoms with Crippen molar-refractivity contribution in [2.75, 3.05) is 19.0 Å². The van der Waals surface area contributed by atoms with E-state index in [9.17, 15) is 14.9 Å². The Bertz CT molecular complexity index is 1030. The maximum atomic E-state index is 12.6. The normalized spacial score (nSPS) is 10.9. The minimum Gasteiger partial charge on any atom is -0.493 e. The fraction of sp³-hybridized carbons (Fsp3) is 0.292. The molecule has 0 spiro atoms. The van der Waals surface area contributed by atoms with Gasteiger partial charge in [-0.25, -0.2) is 4.79 Å². The third kappa shape index (κ3) is 6.89. The van der Waals surface area contributed by atoms with Crippen LogP contribution in [0.3, 0.4) is 0 Å². The number of nitrogens with zero attached hydrogens (tertiary/aromatic N) is 1. The van der Waals surface area contributed by atoms with Gasteiger partial charge in [0.25, 0.3) is 5.91 Å². The molecule has 0 atom stereocenters. The standard InChI is InChI=1S/C24H26N2O5/c1-15(2)31-23(27)14-30-21-9-7-18(12-22(21)29-5)11-19(13-25)24(28)26-20-8-6-16(3)10-17(20)4/h6-12,15H,14H2,1-5H3,(H,26,28)/b19-11-. The maximum absolute atomic E-state index is 12.6. The molecule has 31 heavy (non-hydrogen) atoms. The summed E-state index contributed by atoms with van der Waals surface area (Å²) in [7, 11) is 1.46. The Hall–Kier alpha value is -3.79. The van der Waals surface area contributed by atoms with E-state index in [2.05, 4.69) is 5.32 Å². The number of esters is 1. The molecule has 162 valence electrons. The second-order valence-corrected chi connectivity index (χ2v) is 7.18. The monoisotopic (exact) mass is 422 g/mol. The van der Waals surface area contributed by atoms with Crippen molar-refractivity contribution < 1.29 is 23.8 Å². The van der Waals surface area contributed by atoms with Crippen LogP contribution in [-0.4, -0.2) is 31.7 Å². The van der Waals surface area contributed by atoms with Gasteiger partial charge in [0, 0.05) is 5.69 Å². The van der Waals surface area contributed by atoms with Crippen LogP contribution in [0.1, 0.15) is 30.5 Å². The van der Waals surface area contributed by atoms with E-state index in [1.165, 1.54) is 13.2 Å². The Morgan fingerprint density at radius 3 is 2.48 bits per heavy atom. The zero-order valence-electron chi connectivity index (χ0n) is 18.3. The Kier molecular flexibility index (Phi) is 8.21. The number of carbonyl (C=O) groups excluding carboxylic acids is 2. The number of rotatable bonds is 8. The molecule has 2 aromatic carbocycles. The maximum Gasteiger partial charge on any atom is 0.344 e. The van der Waals surface area contributed by atoms with Crippen LogP contribution >= 0.6 is 0 Å². The first-order valence-electron chi connectivity index (χ1n) is 9.74. The van der Waals surface area contributed by atoms with Crippen molar-refractivity contribution in [1.29, 1.82) is 5.26 Å². The highest BCUT2D eigenvalue weighted by Gasteiger charge is 2.13. The Morgan fingerprint density at radius 1 is 1.13 bits per heavy atom. The fourth-order valence-electron chi connectivity index (χ4n) is 2.79. The second kappa shape index (κ2) is 10.8. The number of benzene rings is 2. The molecule has 0 radical (unpaired) electrons. The molecule has 7 nitrogen and oxygen atoms in total. The smallest absolute Gasteiger partial charge is 0.344 e. The highest BCUT2D eigenvalue weighted by molar-refractivity contribution is 6.10. The molecule has 0 aromatic heterocycles. The lowest BCUT2D eigenvalue weighted by molar-refractivity contribution is -0.149. The van der Waals surface area contributed by atoms with Crippen LogP contribution in [0.15, 0.2) is 42.0 Å². The van der Waals surface area contributed by atoms with Gasteiger partial charge in [0.05, 0.1) is 13.2 Å². The minimum absolute atomic E-state index is 0.0591. The molecule has 0 unspecified atom stereocenters. The number of nitriles is 1. The SMILES string of the molecule is COc1cc(/C=C(/C#N)C(=O)Nc2ccc(C)cc2C)ccc1OCC(=O)OC(C)C. The summed E-state index contributed by atoms with van der Waals surface area (Å²) < 4.78 is 15.8. The van der Waals surface area contributed by atoms with Crippen LogP contribution in [0.5, 0.6) is 11.5 Å². The topological polar surface area (TPSA) is 97.6 Å². The molecule has 0 bridgehead atoms. The van der Waals surface area contributed by atoms with Crippen molar-refractivity contribution in [2.45, 2.75) is 33.8 Å². The van der Waals surface area contributed by atoms with Crippen molar-refractivity contribution in [1.82, 2.24) is 0 Å². The van der Waals surface area contributed by atoms with Crippen LogP contribution in [-0.2, 0) is 14.3 Å². The number of amides is 1. The first kappa shape index (κ1) is 23.5. The molecule has 2 aromatic rings. The van der Waals surface area contributed by atoms with E-state index in [0.29, 0.717) is 22.7 Å². The first-order valence-corrected chi connectivity index (χ1v) is 9.74. The number of methoxy groups -OCH3 is 1. The van der Waals surface area contributed by atoms with E-state index in [-0.39, 0.29) is 18.3 Å². The molecule has 0 aliphatic heterocycles. The summed E-state index contributed by atoms with van der Waals surface area (Å²) in [6.07, 6.45) is 1.22. The fourth-order valence-corrected chi connectivity index (χ4v) is 2.79. The lowest BCUT2D eigenvalue weighted by atomic mass is 10.1. The summed E-state index contributed by atoms with van der Waals surface area (Å²) >= 11 is 0. The average Bonchev–Trinajstić information content (AvgIpc) is 2.72. The Morgan fingerprint density at radius 2 is 1.87 bits per heavy atom. The molecular weight excluding hydrogens is 396 g/mol.